The van der Waals surface area contributed by atoms with Gasteiger partial charge in [-0.25, -0.2) is 0 Å². The van der Waals surface area contributed by atoms with Crippen molar-refractivity contribution >= 4 is 23.3 Å². The zero-order chi connectivity index (χ0) is 34.9. The summed E-state index contributed by atoms with van der Waals surface area (Å²) in [7, 11) is 0. The predicted octanol–water partition coefficient (Wildman–Crippen LogP) is 3.05. The fraction of sp³-hybridized carbons (Fsp3) is 0.486. The van der Waals surface area contributed by atoms with Crippen molar-refractivity contribution in [1.82, 2.24) is 5.32 Å². The molecule has 3 aliphatic rings. The van der Waals surface area contributed by atoms with E-state index in [9.17, 15) is 49.8 Å². The summed E-state index contributed by atoms with van der Waals surface area (Å²) in [6, 6.07) is 0. The van der Waals surface area contributed by atoms with E-state index in [1.807, 2.05) is 0 Å². The summed E-state index contributed by atoms with van der Waals surface area (Å²) in [5.74, 6) is -8.28. The van der Waals surface area contributed by atoms with E-state index in [1.54, 1.807) is 40.7 Å². The van der Waals surface area contributed by atoms with Gasteiger partial charge in [-0.3, -0.25) is 19.2 Å². The van der Waals surface area contributed by atoms with Crippen molar-refractivity contribution in [1.29, 1.82) is 0 Å². The van der Waals surface area contributed by atoms with Crippen LogP contribution < -0.4 is 5.32 Å². The van der Waals surface area contributed by atoms with Crippen LogP contribution in [0.4, 0.5) is 0 Å². The average Bonchev–Trinajstić information content (AvgIpc) is 3.02. The normalized spacial score (nSPS) is 35.0. The molecular formula is C35H45NO10. The third-order valence-corrected chi connectivity index (χ3v) is 9.45. The highest BCUT2D eigenvalue weighted by molar-refractivity contribution is 6.31. The molecule has 1 aromatic rings. The molecule has 4 rings (SSSR count). The van der Waals surface area contributed by atoms with Gasteiger partial charge >= 0.3 is 0 Å². The van der Waals surface area contributed by atoms with Gasteiger partial charge in [0, 0.05) is 46.8 Å². The molecule has 0 radical (unpaired) electrons. The maximum absolute atomic E-state index is 13.7. The number of aromatic hydroxyl groups is 2. The number of allylic oxidation sites excluding steroid dienone is 5. The van der Waals surface area contributed by atoms with Crippen LogP contribution in [-0.4, -0.2) is 78.3 Å². The Kier molecular flexibility index (Phi) is 11.3. The van der Waals surface area contributed by atoms with Gasteiger partial charge in [0.05, 0.1) is 46.8 Å². The van der Waals surface area contributed by atoms with Gasteiger partial charge in [-0.05, 0) is 26.3 Å². The van der Waals surface area contributed by atoms with E-state index in [2.05, 4.69) is 5.32 Å². The molecule has 2 heterocycles. The number of fused-ring (bicyclic) bond motifs is 15. The van der Waals surface area contributed by atoms with Crippen LogP contribution in [-0.2, 0) is 4.79 Å². The average molecular weight is 640 g/mol. The van der Waals surface area contributed by atoms with Gasteiger partial charge in [-0.15, -0.1) is 0 Å². The minimum Gasteiger partial charge on any atom is -0.507 e. The van der Waals surface area contributed by atoms with Crippen molar-refractivity contribution in [2.24, 2.45) is 29.6 Å². The number of nitrogens with one attached hydrogen (secondary N) is 1. The van der Waals surface area contributed by atoms with Gasteiger partial charge in [0.15, 0.2) is 11.6 Å². The van der Waals surface area contributed by atoms with E-state index in [0.29, 0.717) is 0 Å². The number of aliphatic hydroxyl groups is 4. The minimum absolute atomic E-state index is 0.00428. The molecule has 7 N–H and O–H groups in total. The molecule has 46 heavy (non-hydrogen) atoms. The second-order valence-corrected chi connectivity index (χ2v) is 12.8. The van der Waals surface area contributed by atoms with Gasteiger partial charge in [-0.1, -0.05) is 58.9 Å². The highest BCUT2D eigenvalue weighted by atomic mass is 16.3. The van der Waals surface area contributed by atoms with Crippen LogP contribution in [0.3, 0.4) is 0 Å². The lowest BCUT2D eigenvalue weighted by Gasteiger charge is -2.36. The standard InChI is InChI=1S/C35H45NO10/c1-14-10-9-11-15(2)35(46)36-22-13-23(37)24-25(32(43)21(8)33(44)26(24)34(22)45)29(40)17(4)12-16(3)28(39)19(6)31(42)20(7)30(41)18(5)27(14)38/h9-14,16,18-20,27-28,30-31,38-39,41-44H,1-8H3,(H,36,46)/b10-9-,15-11-,17-12-/t14-,16-,18+,19+,20+,27-,28-,30+,31+/m0/s1. The fourth-order valence-corrected chi connectivity index (χ4v) is 6.11. The number of hydrogen-bond donors (Lipinski definition) is 7. The lowest BCUT2D eigenvalue weighted by Crippen LogP contribution is -2.45. The van der Waals surface area contributed by atoms with Gasteiger partial charge in [0.1, 0.15) is 11.5 Å². The molecule has 0 saturated heterocycles. The fourth-order valence-electron chi connectivity index (χ4n) is 6.11. The quantitative estimate of drug-likeness (QED) is 0.221. The largest absolute Gasteiger partial charge is 0.507 e. The molecule has 0 saturated carbocycles. The first kappa shape index (κ1) is 36.6. The Morgan fingerprint density at radius 1 is 0.630 bits per heavy atom. The minimum atomic E-state index is -1.21. The summed E-state index contributed by atoms with van der Waals surface area (Å²) < 4.78 is 0. The summed E-state index contributed by atoms with van der Waals surface area (Å²) in [6.45, 7) is 12.3. The molecule has 250 valence electrons. The van der Waals surface area contributed by atoms with E-state index >= 15 is 0 Å². The van der Waals surface area contributed by atoms with E-state index in [4.69, 9.17) is 0 Å². The zero-order valence-electron chi connectivity index (χ0n) is 27.4. The summed E-state index contributed by atoms with van der Waals surface area (Å²) in [6.07, 6.45) is 2.23. The van der Waals surface area contributed by atoms with Crippen LogP contribution in [0.15, 0.2) is 47.2 Å². The van der Waals surface area contributed by atoms with E-state index in [-0.39, 0.29) is 16.7 Å². The molecule has 0 unspecified atom stereocenters. The Balaban J connectivity index is 2.20. The lowest BCUT2D eigenvalue weighted by molar-refractivity contribution is -0.116. The number of carbonyl (C=O) groups is 4. The Bertz CT molecular complexity index is 1550. The lowest BCUT2D eigenvalue weighted by atomic mass is 9.77. The Hall–Kier alpha value is -3.90. The zero-order valence-corrected chi connectivity index (χ0v) is 27.4. The number of rotatable bonds is 0. The van der Waals surface area contributed by atoms with Crippen molar-refractivity contribution in [3.05, 3.63) is 69.5 Å². The maximum atomic E-state index is 13.7. The van der Waals surface area contributed by atoms with Gasteiger partial charge in [0.25, 0.3) is 5.91 Å². The van der Waals surface area contributed by atoms with Gasteiger partial charge in [-0.2, -0.15) is 0 Å². The predicted molar refractivity (Wildman–Crippen MR) is 170 cm³/mol. The number of hydrogen-bond acceptors (Lipinski definition) is 10. The number of phenolic OH excluding ortho intramolecular Hbond substituents is 2. The van der Waals surface area contributed by atoms with Gasteiger partial charge < -0.3 is 36.0 Å². The van der Waals surface area contributed by atoms with Crippen molar-refractivity contribution in [3.63, 3.8) is 0 Å². The van der Waals surface area contributed by atoms with E-state index < -0.39 is 111 Å². The third-order valence-electron chi connectivity index (χ3n) is 9.45. The number of Topliss-reactive ketones (excluding diaryl/α,β-unsaturated/α-hetero) is 2. The maximum Gasteiger partial charge on any atom is 0.251 e. The van der Waals surface area contributed by atoms with Crippen LogP contribution in [0.25, 0.3) is 0 Å². The first-order valence-corrected chi connectivity index (χ1v) is 15.3. The molecule has 0 spiro atoms. The molecule has 1 aliphatic carbocycles. The number of carbonyl (C=O) groups excluding carboxylic acids is 4. The number of ketones is 3. The molecule has 4 bridgehead atoms. The molecular weight excluding hydrogens is 594 g/mol. The Morgan fingerprint density at radius 3 is 1.65 bits per heavy atom. The number of phenols is 2. The summed E-state index contributed by atoms with van der Waals surface area (Å²) in [4.78, 5) is 53.6. The molecule has 1 aromatic carbocycles. The van der Waals surface area contributed by atoms with Crippen LogP contribution in [0, 0.1) is 36.5 Å². The van der Waals surface area contributed by atoms with Crippen LogP contribution in [0.2, 0.25) is 0 Å². The second kappa shape index (κ2) is 14.3. The van der Waals surface area contributed by atoms with E-state index in [1.165, 1.54) is 39.0 Å². The first-order valence-electron chi connectivity index (χ1n) is 15.3. The molecule has 0 fully saturated rings. The summed E-state index contributed by atoms with van der Waals surface area (Å²) in [5.41, 5.74) is -2.08. The van der Waals surface area contributed by atoms with Crippen LogP contribution in [0.5, 0.6) is 11.5 Å². The Morgan fingerprint density at radius 2 is 1.11 bits per heavy atom. The first-order chi connectivity index (χ1) is 21.3. The molecule has 11 heteroatoms. The third kappa shape index (κ3) is 6.92. The smallest absolute Gasteiger partial charge is 0.251 e. The van der Waals surface area contributed by atoms with Crippen LogP contribution in [0.1, 0.15) is 85.1 Å². The van der Waals surface area contributed by atoms with Crippen molar-refractivity contribution < 1.29 is 49.8 Å². The van der Waals surface area contributed by atoms with Crippen molar-refractivity contribution in [2.75, 3.05) is 0 Å². The number of aliphatic hydroxyl groups excluding tert-OH is 4. The number of benzene rings is 1. The molecule has 9 atom stereocenters. The highest BCUT2D eigenvalue weighted by Crippen LogP contribution is 2.41. The molecule has 11 nitrogen and oxygen atoms in total. The second-order valence-electron chi connectivity index (χ2n) is 12.8. The van der Waals surface area contributed by atoms with Gasteiger partial charge in [0.2, 0.25) is 5.78 Å². The topological polar surface area (TPSA) is 202 Å². The van der Waals surface area contributed by atoms with E-state index in [0.717, 1.165) is 6.08 Å². The summed E-state index contributed by atoms with van der Waals surface area (Å²) >= 11 is 0. The van der Waals surface area contributed by atoms with Crippen LogP contribution >= 0.6 is 0 Å². The van der Waals surface area contributed by atoms with Crippen molar-refractivity contribution in [2.45, 2.75) is 79.8 Å². The molecule has 2 aliphatic heterocycles. The number of amides is 1. The highest BCUT2D eigenvalue weighted by Gasteiger charge is 2.39. The van der Waals surface area contributed by atoms with Crippen molar-refractivity contribution in [3.8, 4) is 11.5 Å². The molecule has 0 aromatic heterocycles. The summed E-state index contributed by atoms with van der Waals surface area (Å²) in [5, 5.41) is 68.4. The Labute approximate surface area is 268 Å². The molecule has 1 amide bonds. The monoisotopic (exact) mass is 639 g/mol. The SMILES string of the molecule is C/C1=C/C=C\[C@H](C)[C@H](O)[C@@H](C)[C@@H](O)[C@@H](C)[C@H](O)[C@H](C)[C@@H](O)[C@@H](C)/C=C(/C)C(=O)c2c(O)c(C)c(O)c3c2C(=O)C=C(NC1=O)C3=O.